The molecule has 4 rings (SSSR count). The predicted octanol–water partition coefficient (Wildman–Crippen LogP) is 3.45. The van der Waals surface area contributed by atoms with Gasteiger partial charge in [-0.25, -0.2) is 9.97 Å². The Balaban J connectivity index is 1.80. The molecule has 0 N–H and O–H groups in total. The third-order valence-corrected chi connectivity index (χ3v) is 4.62. The van der Waals surface area contributed by atoms with Gasteiger partial charge in [-0.15, -0.1) is 10.2 Å². The summed E-state index contributed by atoms with van der Waals surface area (Å²) in [5.74, 6) is 0.642. The molecule has 130 valence electrons. The predicted molar refractivity (Wildman–Crippen MR) is 100 cm³/mol. The molecular weight excluding hydrogens is 358 g/mol. The topological polar surface area (TPSA) is 93.2 Å². The maximum absolute atomic E-state index is 8.87. The lowest BCUT2D eigenvalue weighted by Gasteiger charge is -2.10. The molecule has 0 aliphatic rings. The molecule has 7 nitrogen and oxygen atoms in total. The molecule has 0 saturated carbocycles. The standard InChI is InChI=1S/C19H13N7S/c1-13-5-7-15(8-6-13)26-18(16-4-2-3-9-21-16)24-25-19(26)27-17-12-22-14(10-20)11-23-17/h2-9,11-12H,1H3. The summed E-state index contributed by atoms with van der Waals surface area (Å²) in [5, 5.41) is 18.8. The molecule has 3 heterocycles. The minimum atomic E-state index is 0.272. The van der Waals surface area contributed by atoms with Crippen molar-refractivity contribution in [1.82, 2.24) is 29.7 Å². The average molecular weight is 371 g/mol. The van der Waals surface area contributed by atoms with E-state index >= 15 is 0 Å². The van der Waals surface area contributed by atoms with E-state index in [9.17, 15) is 0 Å². The SMILES string of the molecule is Cc1ccc(-n2c(Sc3cnc(C#N)cn3)nnc2-c2ccccn2)cc1. The van der Waals surface area contributed by atoms with Crippen molar-refractivity contribution in [2.45, 2.75) is 17.1 Å². The molecule has 0 aliphatic carbocycles. The molecule has 0 spiro atoms. The first-order valence-corrected chi connectivity index (χ1v) is 8.90. The van der Waals surface area contributed by atoms with Crippen molar-refractivity contribution in [2.75, 3.05) is 0 Å². The van der Waals surface area contributed by atoms with Crippen molar-refractivity contribution in [1.29, 1.82) is 5.26 Å². The summed E-state index contributed by atoms with van der Waals surface area (Å²) in [6.07, 6.45) is 4.72. The van der Waals surface area contributed by atoms with E-state index in [0.717, 1.165) is 11.4 Å². The van der Waals surface area contributed by atoms with E-state index < -0.39 is 0 Å². The molecule has 3 aromatic heterocycles. The van der Waals surface area contributed by atoms with E-state index in [-0.39, 0.29) is 5.69 Å². The molecule has 1 aromatic carbocycles. The van der Waals surface area contributed by atoms with Crippen LogP contribution < -0.4 is 0 Å². The van der Waals surface area contributed by atoms with E-state index in [0.29, 0.717) is 16.0 Å². The summed E-state index contributed by atoms with van der Waals surface area (Å²) in [7, 11) is 0. The highest BCUT2D eigenvalue weighted by atomic mass is 32.2. The number of hydrogen-bond donors (Lipinski definition) is 0. The highest BCUT2D eigenvalue weighted by Crippen LogP contribution is 2.30. The smallest absolute Gasteiger partial charge is 0.202 e. The van der Waals surface area contributed by atoms with Gasteiger partial charge < -0.3 is 0 Å². The highest BCUT2D eigenvalue weighted by molar-refractivity contribution is 7.99. The molecular formula is C19H13N7S. The molecule has 27 heavy (non-hydrogen) atoms. The fourth-order valence-electron chi connectivity index (χ4n) is 2.44. The lowest BCUT2D eigenvalue weighted by Crippen LogP contribution is -2.01. The van der Waals surface area contributed by atoms with Crippen molar-refractivity contribution >= 4 is 11.8 Å². The first kappa shape index (κ1) is 16.9. The Morgan fingerprint density at radius 3 is 2.48 bits per heavy atom. The third-order valence-electron chi connectivity index (χ3n) is 3.76. The van der Waals surface area contributed by atoms with Crippen LogP contribution in [-0.2, 0) is 0 Å². The van der Waals surface area contributed by atoms with Gasteiger partial charge in [0.15, 0.2) is 11.5 Å². The van der Waals surface area contributed by atoms with Gasteiger partial charge in [0.1, 0.15) is 16.8 Å². The largest absolute Gasteiger partial charge is 0.268 e. The number of pyridine rings is 1. The van der Waals surface area contributed by atoms with Gasteiger partial charge >= 0.3 is 0 Å². The Kier molecular flexibility index (Phi) is 4.60. The van der Waals surface area contributed by atoms with Crippen LogP contribution in [0, 0.1) is 18.3 Å². The van der Waals surface area contributed by atoms with Crippen LogP contribution in [0.5, 0.6) is 0 Å². The van der Waals surface area contributed by atoms with E-state index in [2.05, 4.69) is 25.1 Å². The van der Waals surface area contributed by atoms with Crippen molar-refractivity contribution in [2.24, 2.45) is 0 Å². The van der Waals surface area contributed by atoms with E-state index in [4.69, 9.17) is 5.26 Å². The number of hydrogen-bond acceptors (Lipinski definition) is 7. The quantitative estimate of drug-likeness (QED) is 0.542. The van der Waals surface area contributed by atoms with Gasteiger partial charge in [0.2, 0.25) is 5.16 Å². The molecule has 4 aromatic rings. The lowest BCUT2D eigenvalue weighted by atomic mass is 10.2. The molecule has 0 atom stereocenters. The van der Waals surface area contributed by atoms with Gasteiger partial charge in [0.05, 0.1) is 12.4 Å². The van der Waals surface area contributed by atoms with Crippen LogP contribution in [0.15, 0.2) is 71.2 Å². The second kappa shape index (κ2) is 7.35. The maximum atomic E-state index is 8.87. The number of aryl methyl sites for hydroxylation is 1. The van der Waals surface area contributed by atoms with Crippen LogP contribution >= 0.6 is 11.8 Å². The van der Waals surface area contributed by atoms with Gasteiger partial charge in [-0.2, -0.15) is 5.26 Å². The van der Waals surface area contributed by atoms with Gasteiger partial charge in [-0.05, 0) is 43.0 Å². The van der Waals surface area contributed by atoms with Crippen LogP contribution in [0.4, 0.5) is 0 Å². The highest BCUT2D eigenvalue weighted by Gasteiger charge is 2.18. The third kappa shape index (κ3) is 3.54. The lowest BCUT2D eigenvalue weighted by molar-refractivity contribution is 0.879. The minimum Gasteiger partial charge on any atom is -0.268 e. The van der Waals surface area contributed by atoms with Crippen molar-refractivity contribution in [3.8, 4) is 23.3 Å². The first-order valence-electron chi connectivity index (χ1n) is 8.08. The Morgan fingerprint density at radius 2 is 1.81 bits per heavy atom. The van der Waals surface area contributed by atoms with Crippen LogP contribution in [0.1, 0.15) is 11.3 Å². The Morgan fingerprint density at radius 1 is 0.963 bits per heavy atom. The molecule has 0 amide bonds. The van der Waals surface area contributed by atoms with Gasteiger partial charge in [-0.1, -0.05) is 23.8 Å². The zero-order valence-electron chi connectivity index (χ0n) is 14.3. The summed E-state index contributed by atoms with van der Waals surface area (Å²) in [4.78, 5) is 12.7. The Bertz CT molecular complexity index is 1100. The van der Waals surface area contributed by atoms with Crippen molar-refractivity contribution in [3.63, 3.8) is 0 Å². The molecule has 0 aliphatic heterocycles. The second-order valence-electron chi connectivity index (χ2n) is 5.65. The zero-order chi connectivity index (χ0) is 18.6. The summed E-state index contributed by atoms with van der Waals surface area (Å²) in [5.41, 5.74) is 3.09. The molecule has 0 fully saturated rings. The normalized spacial score (nSPS) is 10.5. The maximum Gasteiger partial charge on any atom is 0.202 e. The van der Waals surface area contributed by atoms with E-state index in [1.54, 1.807) is 12.4 Å². The van der Waals surface area contributed by atoms with Crippen LogP contribution in [0.25, 0.3) is 17.2 Å². The Labute approximate surface area is 159 Å². The minimum absolute atomic E-state index is 0.272. The van der Waals surface area contributed by atoms with Gasteiger partial charge in [-0.3, -0.25) is 9.55 Å². The fraction of sp³-hybridized carbons (Fsp3) is 0.0526. The second-order valence-corrected chi connectivity index (χ2v) is 6.63. The van der Waals surface area contributed by atoms with Crippen LogP contribution in [0.3, 0.4) is 0 Å². The summed E-state index contributed by atoms with van der Waals surface area (Å²) in [6.45, 7) is 2.04. The zero-order valence-corrected chi connectivity index (χ0v) is 15.1. The monoisotopic (exact) mass is 371 g/mol. The van der Waals surface area contributed by atoms with Gasteiger partial charge in [0.25, 0.3) is 0 Å². The van der Waals surface area contributed by atoms with Crippen LogP contribution in [0.2, 0.25) is 0 Å². The Hall–Kier alpha value is -3.57. The van der Waals surface area contributed by atoms with Gasteiger partial charge in [0, 0.05) is 11.9 Å². The summed E-state index contributed by atoms with van der Waals surface area (Å²) < 4.78 is 1.94. The number of nitrogens with zero attached hydrogens (tertiary/aromatic N) is 7. The van der Waals surface area contributed by atoms with E-state index in [1.165, 1.54) is 23.5 Å². The first-order chi connectivity index (χ1) is 13.2. The molecule has 8 heteroatoms. The number of nitriles is 1. The van der Waals surface area contributed by atoms with Crippen molar-refractivity contribution in [3.05, 3.63) is 72.3 Å². The number of aromatic nitrogens is 6. The summed E-state index contributed by atoms with van der Waals surface area (Å²) in [6, 6.07) is 15.7. The average Bonchev–Trinajstić information content (AvgIpc) is 3.13. The van der Waals surface area contributed by atoms with E-state index in [1.807, 2.05) is 60.0 Å². The number of rotatable bonds is 4. The number of benzene rings is 1. The van der Waals surface area contributed by atoms with Crippen molar-refractivity contribution < 1.29 is 0 Å². The molecule has 0 radical (unpaired) electrons. The fourth-order valence-corrected chi connectivity index (χ4v) is 3.21. The summed E-state index contributed by atoms with van der Waals surface area (Å²) >= 11 is 1.33. The van der Waals surface area contributed by atoms with Crippen LogP contribution in [-0.4, -0.2) is 29.7 Å². The molecule has 0 unspecified atom stereocenters. The molecule has 0 bridgehead atoms. The molecule has 0 saturated heterocycles.